The van der Waals surface area contributed by atoms with Gasteiger partial charge in [-0.15, -0.1) is 11.3 Å². The van der Waals surface area contributed by atoms with Crippen molar-refractivity contribution in [3.63, 3.8) is 0 Å². The highest BCUT2D eigenvalue weighted by molar-refractivity contribution is 7.10. The van der Waals surface area contributed by atoms with Crippen LogP contribution in [0.1, 0.15) is 40.3 Å². The van der Waals surface area contributed by atoms with Crippen LogP contribution in [-0.2, 0) is 5.41 Å². The lowest BCUT2D eigenvalue weighted by atomic mass is 9.65. The highest BCUT2D eigenvalue weighted by Crippen LogP contribution is 2.49. The van der Waals surface area contributed by atoms with Gasteiger partial charge in [0.15, 0.2) is 6.29 Å². The molecule has 17 heavy (non-hydrogen) atoms. The summed E-state index contributed by atoms with van der Waals surface area (Å²) in [5, 5.41) is 2.95. The molecule has 1 saturated carbocycles. The van der Waals surface area contributed by atoms with E-state index in [0.29, 0.717) is 5.69 Å². The molecular weight excluding hydrogens is 230 g/mol. The quantitative estimate of drug-likeness (QED) is 0.773. The largest absolute Gasteiger partial charge is 0.296 e. The lowest BCUT2D eigenvalue weighted by Crippen LogP contribution is -2.35. The number of rotatable bonds is 3. The van der Waals surface area contributed by atoms with Crippen molar-refractivity contribution in [3.8, 4) is 0 Å². The molecule has 1 aliphatic rings. The van der Waals surface area contributed by atoms with Crippen LogP contribution in [0.4, 0.5) is 0 Å². The summed E-state index contributed by atoms with van der Waals surface area (Å²) in [6.07, 6.45) is 4.36. The molecule has 0 N–H and O–H groups in total. The summed E-state index contributed by atoms with van der Waals surface area (Å²) < 4.78 is 0. The van der Waals surface area contributed by atoms with Gasteiger partial charge in [0, 0.05) is 10.8 Å². The number of nitrogens with zero attached hydrogens (tertiary/aromatic N) is 1. The monoisotopic (exact) mass is 243 g/mol. The molecule has 3 heteroatoms. The van der Waals surface area contributed by atoms with Crippen molar-refractivity contribution >= 4 is 17.6 Å². The van der Waals surface area contributed by atoms with E-state index in [0.717, 1.165) is 24.1 Å². The van der Waals surface area contributed by atoms with Crippen LogP contribution in [0.3, 0.4) is 0 Å². The summed E-state index contributed by atoms with van der Waals surface area (Å²) in [4.78, 5) is 15.2. The van der Waals surface area contributed by atoms with Crippen LogP contribution in [0, 0.1) is 0 Å². The zero-order valence-corrected chi connectivity index (χ0v) is 10.2. The topological polar surface area (TPSA) is 30.0 Å². The van der Waals surface area contributed by atoms with Crippen molar-refractivity contribution in [3.05, 3.63) is 52.0 Å². The highest BCUT2D eigenvalue weighted by atomic mass is 32.1. The first-order valence-electron chi connectivity index (χ1n) is 5.82. The number of aromatic nitrogens is 1. The second-order valence-electron chi connectivity index (χ2n) is 4.50. The molecule has 0 bridgehead atoms. The Morgan fingerprint density at radius 2 is 2.00 bits per heavy atom. The summed E-state index contributed by atoms with van der Waals surface area (Å²) in [6.45, 7) is 0. The molecule has 1 fully saturated rings. The van der Waals surface area contributed by atoms with Gasteiger partial charge in [0.05, 0.1) is 0 Å². The maximum Gasteiger partial charge on any atom is 0.169 e. The van der Waals surface area contributed by atoms with Gasteiger partial charge in [-0.1, -0.05) is 36.8 Å². The van der Waals surface area contributed by atoms with Crippen molar-refractivity contribution in [1.29, 1.82) is 0 Å². The van der Waals surface area contributed by atoms with Crippen molar-refractivity contribution in [1.82, 2.24) is 4.98 Å². The summed E-state index contributed by atoms with van der Waals surface area (Å²) in [5.41, 5.74) is 1.97. The first kappa shape index (κ1) is 10.7. The molecule has 2 aromatic rings. The average Bonchev–Trinajstić information content (AvgIpc) is 2.78. The molecule has 3 rings (SSSR count). The van der Waals surface area contributed by atoms with Crippen LogP contribution < -0.4 is 0 Å². The van der Waals surface area contributed by atoms with E-state index in [-0.39, 0.29) is 5.41 Å². The smallest absolute Gasteiger partial charge is 0.169 e. The van der Waals surface area contributed by atoms with E-state index >= 15 is 0 Å². The zero-order chi connectivity index (χ0) is 11.7. The van der Waals surface area contributed by atoms with E-state index < -0.39 is 0 Å². The molecule has 0 saturated heterocycles. The third-order valence-corrected chi connectivity index (χ3v) is 4.65. The van der Waals surface area contributed by atoms with Crippen LogP contribution in [0.5, 0.6) is 0 Å². The van der Waals surface area contributed by atoms with Crippen LogP contribution in [0.15, 0.2) is 35.7 Å². The Hall–Kier alpha value is -1.48. The number of carbonyl (C=O) groups excluding carboxylic acids is 1. The summed E-state index contributed by atoms with van der Waals surface area (Å²) in [7, 11) is 0. The van der Waals surface area contributed by atoms with Gasteiger partial charge < -0.3 is 0 Å². The molecule has 0 spiro atoms. The molecule has 86 valence electrons. The van der Waals surface area contributed by atoms with E-state index in [1.54, 1.807) is 11.3 Å². The van der Waals surface area contributed by atoms with Crippen LogP contribution in [0.2, 0.25) is 0 Å². The minimum absolute atomic E-state index is 0.0766. The van der Waals surface area contributed by atoms with Crippen molar-refractivity contribution in [2.24, 2.45) is 0 Å². The molecule has 1 heterocycles. The fraction of sp³-hybridized carbons (Fsp3) is 0.286. The minimum Gasteiger partial charge on any atom is -0.296 e. The molecule has 0 aliphatic heterocycles. The summed E-state index contributed by atoms with van der Waals surface area (Å²) in [5.74, 6) is 0. The Morgan fingerprint density at radius 3 is 2.53 bits per heavy atom. The van der Waals surface area contributed by atoms with Gasteiger partial charge in [-0.25, -0.2) is 4.98 Å². The maximum atomic E-state index is 10.7. The normalized spacial score (nSPS) is 17.4. The molecular formula is C14H13NOS. The van der Waals surface area contributed by atoms with E-state index in [4.69, 9.17) is 0 Å². The van der Waals surface area contributed by atoms with Crippen LogP contribution in [0.25, 0.3) is 0 Å². The predicted octanol–water partition coefficient (Wildman–Crippen LogP) is 3.43. The average molecular weight is 243 g/mol. The van der Waals surface area contributed by atoms with Crippen molar-refractivity contribution < 1.29 is 4.79 Å². The maximum absolute atomic E-state index is 10.7. The SMILES string of the molecule is O=Cc1csc(C2(c3ccccc3)CCC2)n1. The van der Waals surface area contributed by atoms with E-state index in [1.807, 2.05) is 11.4 Å². The fourth-order valence-electron chi connectivity index (χ4n) is 2.47. The Labute approximate surface area is 104 Å². The van der Waals surface area contributed by atoms with Crippen molar-refractivity contribution in [2.75, 3.05) is 0 Å². The lowest BCUT2D eigenvalue weighted by molar-refractivity contribution is 0.111. The number of hydrogen-bond acceptors (Lipinski definition) is 3. The number of thiazole rings is 1. The van der Waals surface area contributed by atoms with Gasteiger partial charge >= 0.3 is 0 Å². The first-order chi connectivity index (χ1) is 8.35. The second-order valence-corrected chi connectivity index (χ2v) is 5.36. The summed E-state index contributed by atoms with van der Waals surface area (Å²) >= 11 is 1.61. The Morgan fingerprint density at radius 1 is 1.24 bits per heavy atom. The van der Waals surface area contributed by atoms with E-state index in [9.17, 15) is 4.79 Å². The Kier molecular flexibility index (Phi) is 2.56. The molecule has 1 aromatic carbocycles. The molecule has 0 radical (unpaired) electrons. The molecule has 1 aromatic heterocycles. The minimum atomic E-state index is 0.0766. The highest BCUT2D eigenvalue weighted by Gasteiger charge is 2.42. The van der Waals surface area contributed by atoms with Gasteiger partial charge in [-0.05, 0) is 18.4 Å². The number of carbonyl (C=O) groups is 1. The number of aldehydes is 1. The standard InChI is InChI=1S/C14H13NOS/c16-9-12-10-17-13(15-12)14(7-4-8-14)11-5-2-1-3-6-11/h1-3,5-6,9-10H,4,7-8H2. The van der Waals surface area contributed by atoms with Gasteiger partial charge in [0.1, 0.15) is 10.7 Å². The third kappa shape index (κ3) is 1.62. The lowest BCUT2D eigenvalue weighted by Gasteiger charge is -2.40. The Balaban J connectivity index is 2.05. The van der Waals surface area contributed by atoms with Crippen LogP contribution in [-0.4, -0.2) is 11.3 Å². The predicted molar refractivity (Wildman–Crippen MR) is 68.6 cm³/mol. The van der Waals surface area contributed by atoms with E-state index in [2.05, 4.69) is 29.2 Å². The molecule has 0 unspecified atom stereocenters. The second kappa shape index (κ2) is 4.08. The molecule has 0 amide bonds. The number of benzene rings is 1. The molecule has 0 atom stereocenters. The zero-order valence-electron chi connectivity index (χ0n) is 9.43. The molecule has 2 nitrogen and oxygen atoms in total. The van der Waals surface area contributed by atoms with Crippen LogP contribution >= 0.6 is 11.3 Å². The Bertz CT molecular complexity index is 528. The first-order valence-corrected chi connectivity index (χ1v) is 6.70. The van der Waals surface area contributed by atoms with Gasteiger partial charge in [0.2, 0.25) is 0 Å². The van der Waals surface area contributed by atoms with Gasteiger partial charge in [-0.3, -0.25) is 4.79 Å². The third-order valence-electron chi connectivity index (χ3n) is 3.59. The molecule has 1 aliphatic carbocycles. The fourth-order valence-corrected chi connectivity index (χ4v) is 3.52. The van der Waals surface area contributed by atoms with Gasteiger partial charge in [0.25, 0.3) is 0 Å². The van der Waals surface area contributed by atoms with Crippen molar-refractivity contribution in [2.45, 2.75) is 24.7 Å². The van der Waals surface area contributed by atoms with E-state index in [1.165, 1.54) is 12.0 Å². The summed E-state index contributed by atoms with van der Waals surface area (Å²) in [6, 6.07) is 10.5. The number of hydrogen-bond donors (Lipinski definition) is 0. The van der Waals surface area contributed by atoms with Gasteiger partial charge in [-0.2, -0.15) is 0 Å².